The van der Waals surface area contributed by atoms with Crippen LogP contribution in [0.15, 0.2) is 53.1 Å². The molecule has 27 heavy (non-hydrogen) atoms. The average molecular weight is 366 g/mol. The van der Waals surface area contributed by atoms with Crippen molar-refractivity contribution >= 4 is 34.3 Å². The number of furan rings is 1. The summed E-state index contributed by atoms with van der Waals surface area (Å²) in [6.07, 6.45) is 3.42. The third kappa shape index (κ3) is 3.12. The number of hydrogen-bond donors (Lipinski definition) is 2. The van der Waals surface area contributed by atoms with Gasteiger partial charge in [0.1, 0.15) is 11.5 Å². The number of halogens is 1. The molecule has 1 aliphatic rings. The number of aromatic nitrogens is 1. The van der Waals surface area contributed by atoms with Crippen LogP contribution in [0.4, 0.5) is 14.9 Å². The second kappa shape index (κ2) is 6.56. The molecule has 7 nitrogen and oxygen atoms in total. The predicted octanol–water partition coefficient (Wildman–Crippen LogP) is 3.00. The lowest BCUT2D eigenvalue weighted by Gasteiger charge is -2.17. The van der Waals surface area contributed by atoms with Gasteiger partial charge in [0.15, 0.2) is 0 Å². The Morgan fingerprint density at radius 2 is 2.00 bits per heavy atom. The Morgan fingerprint density at radius 1 is 1.22 bits per heavy atom. The molecule has 0 saturated carbocycles. The summed E-state index contributed by atoms with van der Waals surface area (Å²) in [7, 11) is 0. The number of pyridine rings is 1. The SMILES string of the molecule is NC(=O)c1oc2ncccc2c1NC(=O)N1CC=C(c2ccc(F)cc2)C1. The second-order valence-electron chi connectivity index (χ2n) is 6.07. The molecule has 0 atom stereocenters. The lowest BCUT2D eigenvalue weighted by molar-refractivity contribution is 0.0977. The Bertz CT molecular complexity index is 1070. The van der Waals surface area contributed by atoms with Gasteiger partial charge in [-0.1, -0.05) is 18.2 Å². The summed E-state index contributed by atoms with van der Waals surface area (Å²) in [6, 6.07) is 9.04. The molecule has 3 amide bonds. The van der Waals surface area contributed by atoms with Crippen molar-refractivity contribution in [1.82, 2.24) is 9.88 Å². The molecule has 0 saturated heterocycles. The quantitative estimate of drug-likeness (QED) is 0.744. The first-order chi connectivity index (χ1) is 13.0. The van der Waals surface area contributed by atoms with Crippen molar-refractivity contribution in [3.63, 3.8) is 0 Å². The lowest BCUT2D eigenvalue weighted by Crippen LogP contribution is -2.33. The van der Waals surface area contributed by atoms with Gasteiger partial charge in [0.05, 0.1) is 5.39 Å². The first kappa shape index (κ1) is 16.8. The molecule has 0 aliphatic carbocycles. The Labute approximate surface area is 153 Å². The summed E-state index contributed by atoms with van der Waals surface area (Å²) in [5, 5.41) is 3.19. The summed E-state index contributed by atoms with van der Waals surface area (Å²) in [4.78, 5) is 29.9. The highest BCUT2D eigenvalue weighted by molar-refractivity contribution is 6.09. The number of nitrogens with zero attached hydrogens (tertiary/aromatic N) is 2. The van der Waals surface area contributed by atoms with Crippen molar-refractivity contribution in [2.24, 2.45) is 5.73 Å². The number of nitrogens with one attached hydrogen (secondary N) is 1. The number of primary amides is 1. The lowest BCUT2D eigenvalue weighted by atomic mass is 10.1. The van der Waals surface area contributed by atoms with Crippen molar-refractivity contribution in [2.75, 3.05) is 18.4 Å². The molecule has 3 aromatic rings. The number of carbonyl (C=O) groups excluding carboxylic acids is 2. The van der Waals surface area contributed by atoms with Crippen molar-refractivity contribution in [1.29, 1.82) is 0 Å². The maximum absolute atomic E-state index is 13.1. The molecule has 3 N–H and O–H groups in total. The monoisotopic (exact) mass is 366 g/mol. The number of rotatable bonds is 3. The maximum Gasteiger partial charge on any atom is 0.322 e. The van der Waals surface area contributed by atoms with E-state index in [0.29, 0.717) is 18.5 Å². The summed E-state index contributed by atoms with van der Waals surface area (Å²) in [5.74, 6) is -1.26. The fourth-order valence-electron chi connectivity index (χ4n) is 3.00. The zero-order valence-corrected chi connectivity index (χ0v) is 14.1. The van der Waals surface area contributed by atoms with Gasteiger partial charge in [-0.15, -0.1) is 0 Å². The van der Waals surface area contributed by atoms with Crippen LogP contribution < -0.4 is 11.1 Å². The van der Waals surface area contributed by atoms with E-state index in [9.17, 15) is 14.0 Å². The number of benzene rings is 1. The van der Waals surface area contributed by atoms with Crippen LogP contribution in [-0.4, -0.2) is 34.9 Å². The number of hydrogen-bond acceptors (Lipinski definition) is 4. The number of carbonyl (C=O) groups is 2. The molecule has 0 bridgehead atoms. The Morgan fingerprint density at radius 3 is 2.74 bits per heavy atom. The minimum Gasteiger partial charge on any atom is -0.430 e. The second-order valence-corrected chi connectivity index (χ2v) is 6.07. The summed E-state index contributed by atoms with van der Waals surface area (Å²) < 4.78 is 18.4. The normalized spacial score (nSPS) is 13.7. The van der Waals surface area contributed by atoms with Gasteiger partial charge in [-0.05, 0) is 35.4 Å². The largest absolute Gasteiger partial charge is 0.430 e. The molecule has 0 unspecified atom stereocenters. The van der Waals surface area contributed by atoms with Crippen molar-refractivity contribution in [3.8, 4) is 0 Å². The minimum absolute atomic E-state index is 0.150. The number of urea groups is 1. The van der Waals surface area contributed by atoms with E-state index in [2.05, 4.69) is 10.3 Å². The van der Waals surface area contributed by atoms with E-state index in [-0.39, 0.29) is 23.0 Å². The van der Waals surface area contributed by atoms with E-state index in [0.717, 1.165) is 11.1 Å². The molecule has 0 radical (unpaired) electrons. The van der Waals surface area contributed by atoms with Crippen LogP contribution in [0.3, 0.4) is 0 Å². The van der Waals surface area contributed by atoms with Crippen LogP contribution >= 0.6 is 0 Å². The minimum atomic E-state index is -0.796. The number of fused-ring (bicyclic) bond motifs is 1. The highest BCUT2D eigenvalue weighted by Gasteiger charge is 2.25. The van der Waals surface area contributed by atoms with Gasteiger partial charge in [0, 0.05) is 19.3 Å². The molecule has 2 aromatic heterocycles. The van der Waals surface area contributed by atoms with E-state index in [1.807, 2.05) is 6.08 Å². The molecule has 0 fully saturated rings. The Hall–Kier alpha value is -3.68. The molecule has 3 heterocycles. The van der Waals surface area contributed by atoms with Crippen molar-refractivity contribution in [2.45, 2.75) is 0 Å². The molecular formula is C19H15FN4O3. The van der Waals surface area contributed by atoms with Crippen LogP contribution in [0.1, 0.15) is 16.1 Å². The van der Waals surface area contributed by atoms with Gasteiger partial charge in [-0.3, -0.25) is 4.79 Å². The molecule has 1 aliphatic heterocycles. The molecule has 8 heteroatoms. The van der Waals surface area contributed by atoms with Crippen molar-refractivity contribution < 1.29 is 18.4 Å². The van der Waals surface area contributed by atoms with Crippen LogP contribution in [0, 0.1) is 5.82 Å². The maximum atomic E-state index is 13.1. The van der Waals surface area contributed by atoms with Crippen molar-refractivity contribution in [3.05, 3.63) is 65.8 Å². The highest BCUT2D eigenvalue weighted by atomic mass is 19.1. The first-order valence-corrected chi connectivity index (χ1v) is 8.21. The topological polar surface area (TPSA) is 101 Å². The van der Waals surface area contributed by atoms with Gasteiger partial charge < -0.3 is 20.4 Å². The van der Waals surface area contributed by atoms with Gasteiger partial charge in [-0.2, -0.15) is 0 Å². The standard InChI is InChI=1S/C19H15FN4O3/c20-13-5-3-11(4-6-13)12-7-9-24(10-12)19(26)23-15-14-2-1-8-22-18(14)27-16(15)17(21)25/h1-8H,9-10H2,(H2,21,25)(H,23,26). The number of anilines is 1. The molecule has 136 valence electrons. The fourth-order valence-corrected chi connectivity index (χ4v) is 3.00. The van der Waals surface area contributed by atoms with E-state index in [1.54, 1.807) is 29.2 Å². The molecule has 1 aromatic carbocycles. The number of amides is 3. The van der Waals surface area contributed by atoms with Crippen LogP contribution in [0.2, 0.25) is 0 Å². The van der Waals surface area contributed by atoms with Crippen LogP contribution in [-0.2, 0) is 0 Å². The van der Waals surface area contributed by atoms with Gasteiger partial charge in [0.2, 0.25) is 11.5 Å². The molecule has 0 spiro atoms. The highest BCUT2D eigenvalue weighted by Crippen LogP contribution is 2.30. The number of nitrogens with two attached hydrogens (primary N) is 1. The van der Waals surface area contributed by atoms with Gasteiger partial charge in [-0.25, -0.2) is 14.2 Å². The van der Waals surface area contributed by atoms with E-state index < -0.39 is 11.9 Å². The van der Waals surface area contributed by atoms with E-state index in [1.165, 1.54) is 18.3 Å². The zero-order valence-electron chi connectivity index (χ0n) is 14.1. The van der Waals surface area contributed by atoms with Gasteiger partial charge >= 0.3 is 6.03 Å². The van der Waals surface area contributed by atoms with E-state index in [4.69, 9.17) is 10.2 Å². The molecular weight excluding hydrogens is 351 g/mol. The zero-order chi connectivity index (χ0) is 19.0. The predicted molar refractivity (Wildman–Crippen MR) is 97.5 cm³/mol. The average Bonchev–Trinajstić information content (AvgIpc) is 3.28. The Kier molecular flexibility index (Phi) is 4.08. The fraction of sp³-hybridized carbons (Fsp3) is 0.105. The van der Waals surface area contributed by atoms with E-state index >= 15 is 0 Å². The van der Waals surface area contributed by atoms with Gasteiger partial charge in [0.25, 0.3) is 5.91 Å². The first-order valence-electron chi connectivity index (χ1n) is 8.21. The summed E-state index contributed by atoms with van der Waals surface area (Å²) in [5.41, 5.74) is 7.53. The summed E-state index contributed by atoms with van der Waals surface area (Å²) in [6.45, 7) is 0.746. The third-order valence-corrected chi connectivity index (χ3v) is 4.34. The summed E-state index contributed by atoms with van der Waals surface area (Å²) >= 11 is 0. The van der Waals surface area contributed by atoms with Crippen LogP contribution in [0.5, 0.6) is 0 Å². The van der Waals surface area contributed by atoms with Crippen LogP contribution in [0.25, 0.3) is 16.7 Å². The Balaban J connectivity index is 1.54. The smallest absolute Gasteiger partial charge is 0.322 e. The molecule has 4 rings (SSSR count). The third-order valence-electron chi connectivity index (χ3n) is 4.34.